The summed E-state index contributed by atoms with van der Waals surface area (Å²) in [6, 6.07) is 22.2. The number of carbonyl (C=O) groups is 3. The lowest BCUT2D eigenvalue weighted by Crippen LogP contribution is -2.46. The number of rotatable bonds is 9. The second kappa shape index (κ2) is 13.0. The van der Waals surface area contributed by atoms with Crippen LogP contribution in [0.4, 0.5) is 11.4 Å². The Morgan fingerprint density at radius 1 is 1.09 bits per heavy atom. The molecule has 3 aromatic rings. The van der Waals surface area contributed by atoms with Crippen LogP contribution in [-0.4, -0.2) is 58.1 Å². The third-order valence-electron chi connectivity index (χ3n) is 9.36. The molecule has 4 N–H and O–H groups in total. The average Bonchev–Trinajstić information content (AvgIpc) is 3.68. The molecule has 0 aliphatic carbocycles. The molecule has 0 bridgehead atoms. The van der Waals surface area contributed by atoms with Gasteiger partial charge in [-0.25, -0.2) is 0 Å². The molecule has 9 nitrogen and oxygen atoms in total. The number of anilines is 2. The first-order chi connectivity index (χ1) is 21.8. The number of nitrogens with one attached hydrogen (secondary N) is 2. The lowest BCUT2D eigenvalue weighted by molar-refractivity contribution is -0.139. The highest BCUT2D eigenvalue weighted by atomic mass is 16.3. The molecule has 3 heterocycles. The van der Waals surface area contributed by atoms with E-state index in [1.54, 1.807) is 47.1 Å². The minimum absolute atomic E-state index is 0.0678. The van der Waals surface area contributed by atoms with Gasteiger partial charge in [-0.15, -0.1) is 0 Å². The van der Waals surface area contributed by atoms with E-state index in [1.165, 1.54) is 0 Å². The second-order valence-electron chi connectivity index (χ2n) is 12.3. The fraction of sp³-hybridized carbons (Fsp3) is 0.361. The molecule has 0 unspecified atom stereocenters. The van der Waals surface area contributed by atoms with Gasteiger partial charge in [0, 0.05) is 30.1 Å². The van der Waals surface area contributed by atoms with E-state index in [1.807, 2.05) is 54.6 Å². The van der Waals surface area contributed by atoms with Gasteiger partial charge in [0.2, 0.25) is 11.8 Å². The summed E-state index contributed by atoms with van der Waals surface area (Å²) in [6.45, 7) is 3.14. The van der Waals surface area contributed by atoms with Crippen LogP contribution in [0.1, 0.15) is 48.4 Å². The SMILES string of the molecule is C[C@H](/C=C/CC(=O)N1Cc2ccccc2C[C@H]1CO)[C@@]1(O)C(=O)N(Cc2ccccc2)c2ccc(NC(=O)[C@H]3CCCN3)cc21. The summed E-state index contributed by atoms with van der Waals surface area (Å²) < 4.78 is 0. The fourth-order valence-electron chi connectivity index (χ4n) is 6.76. The first kappa shape index (κ1) is 30.7. The zero-order valence-electron chi connectivity index (χ0n) is 25.5. The highest BCUT2D eigenvalue weighted by Gasteiger charge is 2.52. The number of hydrogen-bond acceptors (Lipinski definition) is 6. The van der Waals surface area contributed by atoms with Crippen LogP contribution >= 0.6 is 0 Å². The van der Waals surface area contributed by atoms with E-state index in [9.17, 15) is 24.6 Å². The smallest absolute Gasteiger partial charge is 0.264 e. The van der Waals surface area contributed by atoms with Crippen molar-refractivity contribution in [2.24, 2.45) is 5.92 Å². The van der Waals surface area contributed by atoms with Crippen LogP contribution in [0.15, 0.2) is 84.9 Å². The van der Waals surface area contributed by atoms with Gasteiger partial charge in [-0.05, 0) is 60.7 Å². The topological polar surface area (TPSA) is 122 Å². The van der Waals surface area contributed by atoms with Crippen LogP contribution in [0, 0.1) is 5.92 Å². The quantitative estimate of drug-likeness (QED) is 0.275. The molecule has 6 rings (SSSR count). The van der Waals surface area contributed by atoms with Crippen molar-refractivity contribution in [3.8, 4) is 0 Å². The van der Waals surface area contributed by atoms with Gasteiger partial charge in [0.1, 0.15) is 0 Å². The summed E-state index contributed by atoms with van der Waals surface area (Å²) in [5.74, 6) is -1.42. The zero-order valence-corrected chi connectivity index (χ0v) is 25.5. The Labute approximate surface area is 263 Å². The molecule has 0 saturated carbocycles. The molecule has 3 aliphatic rings. The summed E-state index contributed by atoms with van der Waals surface area (Å²) in [4.78, 5) is 43.5. The van der Waals surface area contributed by atoms with E-state index >= 15 is 0 Å². The van der Waals surface area contributed by atoms with Crippen LogP contribution in [0.25, 0.3) is 0 Å². The number of fused-ring (bicyclic) bond motifs is 2. The summed E-state index contributed by atoms with van der Waals surface area (Å²) >= 11 is 0. The Balaban J connectivity index is 1.23. The Kier molecular flexibility index (Phi) is 8.85. The summed E-state index contributed by atoms with van der Waals surface area (Å²) in [5, 5.41) is 28.4. The van der Waals surface area contributed by atoms with Crippen molar-refractivity contribution in [2.45, 2.75) is 63.4 Å². The van der Waals surface area contributed by atoms with Crippen molar-refractivity contribution < 1.29 is 24.6 Å². The van der Waals surface area contributed by atoms with Gasteiger partial charge in [-0.1, -0.05) is 73.7 Å². The van der Waals surface area contributed by atoms with Crippen molar-refractivity contribution in [3.05, 3.63) is 107 Å². The Morgan fingerprint density at radius 3 is 2.58 bits per heavy atom. The molecule has 3 amide bonds. The first-order valence-corrected chi connectivity index (χ1v) is 15.7. The number of benzene rings is 3. The predicted molar refractivity (Wildman–Crippen MR) is 172 cm³/mol. The first-order valence-electron chi connectivity index (χ1n) is 15.7. The van der Waals surface area contributed by atoms with Crippen molar-refractivity contribution >= 4 is 29.1 Å². The molecule has 0 spiro atoms. The Morgan fingerprint density at radius 2 is 1.84 bits per heavy atom. The number of hydrogen-bond donors (Lipinski definition) is 4. The van der Waals surface area contributed by atoms with Crippen molar-refractivity contribution in [1.82, 2.24) is 10.2 Å². The molecule has 3 aromatic carbocycles. The van der Waals surface area contributed by atoms with Crippen molar-refractivity contribution in [3.63, 3.8) is 0 Å². The summed E-state index contributed by atoms with van der Waals surface area (Å²) in [6.07, 6.45) is 5.76. The largest absolute Gasteiger partial charge is 0.394 e. The number of aliphatic hydroxyl groups excluding tert-OH is 1. The minimum atomic E-state index is -1.91. The Hall–Kier alpha value is -4.31. The van der Waals surface area contributed by atoms with Gasteiger partial charge in [-0.2, -0.15) is 0 Å². The average molecular weight is 609 g/mol. The summed E-state index contributed by atoms with van der Waals surface area (Å²) in [5.41, 5.74) is 2.72. The summed E-state index contributed by atoms with van der Waals surface area (Å²) in [7, 11) is 0. The molecular formula is C36H40N4O5. The van der Waals surface area contributed by atoms with Crippen molar-refractivity contribution in [1.29, 1.82) is 0 Å². The van der Waals surface area contributed by atoms with E-state index in [4.69, 9.17) is 0 Å². The predicted octanol–water partition coefficient (Wildman–Crippen LogP) is 3.64. The fourth-order valence-corrected chi connectivity index (χ4v) is 6.76. The zero-order chi connectivity index (χ0) is 31.6. The van der Waals surface area contributed by atoms with Gasteiger partial charge >= 0.3 is 0 Å². The molecule has 9 heteroatoms. The molecular weight excluding hydrogens is 568 g/mol. The molecule has 0 aromatic heterocycles. The second-order valence-corrected chi connectivity index (χ2v) is 12.3. The van der Waals surface area contributed by atoms with Crippen LogP contribution in [0.5, 0.6) is 0 Å². The van der Waals surface area contributed by atoms with E-state index < -0.39 is 17.4 Å². The van der Waals surface area contributed by atoms with E-state index in [0.717, 1.165) is 36.1 Å². The maximum atomic E-state index is 14.1. The molecule has 1 saturated heterocycles. The van der Waals surface area contributed by atoms with Crippen LogP contribution in [0.2, 0.25) is 0 Å². The Bertz CT molecular complexity index is 1600. The normalized spacial score (nSPS) is 23.2. The van der Waals surface area contributed by atoms with Gasteiger partial charge in [0.15, 0.2) is 5.60 Å². The van der Waals surface area contributed by atoms with Gasteiger partial charge < -0.3 is 30.6 Å². The maximum Gasteiger partial charge on any atom is 0.264 e. The molecule has 3 aliphatic heterocycles. The minimum Gasteiger partial charge on any atom is -0.394 e. The van der Waals surface area contributed by atoms with Crippen LogP contribution < -0.4 is 15.5 Å². The van der Waals surface area contributed by atoms with Crippen LogP contribution in [-0.2, 0) is 39.5 Å². The van der Waals surface area contributed by atoms with Gasteiger partial charge in [-0.3, -0.25) is 14.4 Å². The maximum absolute atomic E-state index is 14.1. The number of amides is 3. The number of nitrogens with zero attached hydrogens (tertiary/aromatic N) is 2. The standard InChI is InChI=1S/C36H40N4O5/c1-24(9-7-15-33(42)39-22-27-13-6-5-12-26(27)19-29(39)23-41)36(45)30-20-28(38-34(43)31-14-8-18-37-31)16-17-32(30)40(35(36)44)21-25-10-3-2-4-11-25/h2-7,9-13,16-17,20,24,29,31,37,41,45H,8,14-15,18-19,21-23H2,1H3,(H,38,43)/b9-7+/t24-,29+,31-,36+/m1/s1. The van der Waals surface area contributed by atoms with Gasteiger partial charge in [0.05, 0.1) is 30.9 Å². The third-order valence-corrected chi connectivity index (χ3v) is 9.36. The highest BCUT2D eigenvalue weighted by Crippen LogP contribution is 2.47. The van der Waals surface area contributed by atoms with Crippen LogP contribution in [0.3, 0.4) is 0 Å². The van der Waals surface area contributed by atoms with E-state index in [0.29, 0.717) is 29.9 Å². The van der Waals surface area contributed by atoms with E-state index in [-0.39, 0.29) is 43.5 Å². The van der Waals surface area contributed by atoms with Gasteiger partial charge in [0.25, 0.3) is 5.91 Å². The number of aliphatic hydroxyl groups is 2. The highest BCUT2D eigenvalue weighted by molar-refractivity contribution is 6.08. The molecule has 1 fully saturated rings. The molecule has 4 atom stereocenters. The van der Waals surface area contributed by atoms with E-state index in [2.05, 4.69) is 10.6 Å². The molecule has 0 radical (unpaired) electrons. The third kappa shape index (κ3) is 6.03. The lowest BCUT2D eigenvalue weighted by atomic mass is 9.82. The molecule has 234 valence electrons. The monoisotopic (exact) mass is 608 g/mol. The van der Waals surface area contributed by atoms with Crippen molar-refractivity contribution in [2.75, 3.05) is 23.4 Å². The lowest BCUT2D eigenvalue weighted by Gasteiger charge is -2.36. The molecule has 45 heavy (non-hydrogen) atoms. The number of carbonyl (C=O) groups excluding carboxylic acids is 3.